The van der Waals surface area contributed by atoms with Crippen LogP contribution in [0.1, 0.15) is 34.6 Å². The number of imidazole rings is 1. The number of rotatable bonds is 8. The van der Waals surface area contributed by atoms with Gasteiger partial charge in [-0.15, -0.1) is 0 Å². The van der Waals surface area contributed by atoms with Gasteiger partial charge in [-0.25, -0.2) is 10.4 Å². The molecular formula is C23H24ClN5O4. The van der Waals surface area contributed by atoms with E-state index in [0.29, 0.717) is 34.4 Å². The monoisotopic (exact) mass is 469 g/mol. The van der Waals surface area contributed by atoms with Gasteiger partial charge in [-0.2, -0.15) is 5.10 Å². The fourth-order valence-electron chi connectivity index (χ4n) is 3.51. The van der Waals surface area contributed by atoms with E-state index in [1.807, 2.05) is 0 Å². The minimum Gasteiger partial charge on any atom is -0.484 e. The number of carbonyl (C=O) groups excluding carboxylic acids is 2. The second-order valence-electron chi connectivity index (χ2n) is 7.62. The van der Waals surface area contributed by atoms with Gasteiger partial charge in [-0.1, -0.05) is 11.6 Å². The maximum Gasteiger partial charge on any atom is 0.290 e. The van der Waals surface area contributed by atoms with Crippen LogP contribution in [0.4, 0.5) is 0 Å². The van der Waals surface area contributed by atoms with Crippen molar-refractivity contribution in [2.75, 3.05) is 19.8 Å². The molecule has 0 aliphatic carbocycles. The zero-order valence-corrected chi connectivity index (χ0v) is 18.8. The average molecular weight is 470 g/mol. The summed E-state index contributed by atoms with van der Waals surface area (Å²) in [5, 5.41) is 7.33. The Labute approximate surface area is 195 Å². The number of hydrogen-bond acceptors (Lipinski definition) is 6. The molecule has 0 bridgehead atoms. The Kier molecular flexibility index (Phi) is 7.21. The molecule has 1 saturated heterocycles. The third-order valence-electron chi connectivity index (χ3n) is 5.15. The van der Waals surface area contributed by atoms with Crippen molar-refractivity contribution in [3.63, 3.8) is 0 Å². The van der Waals surface area contributed by atoms with Crippen LogP contribution in [0.15, 0.2) is 47.7 Å². The van der Waals surface area contributed by atoms with Gasteiger partial charge in [0, 0.05) is 19.3 Å². The molecule has 4 rings (SSSR count). The van der Waals surface area contributed by atoms with E-state index in [2.05, 4.69) is 20.8 Å². The van der Waals surface area contributed by atoms with Gasteiger partial charge in [0.15, 0.2) is 6.61 Å². The molecule has 3 aromatic rings. The first kappa shape index (κ1) is 22.8. The van der Waals surface area contributed by atoms with E-state index >= 15 is 0 Å². The Balaban J connectivity index is 1.27. The van der Waals surface area contributed by atoms with Crippen LogP contribution in [-0.2, 0) is 9.53 Å². The Bertz CT molecular complexity index is 1170. The van der Waals surface area contributed by atoms with Crippen LogP contribution in [-0.4, -0.2) is 53.3 Å². The van der Waals surface area contributed by atoms with Gasteiger partial charge in [0.2, 0.25) is 0 Å². The summed E-state index contributed by atoms with van der Waals surface area (Å²) in [7, 11) is 0. The summed E-state index contributed by atoms with van der Waals surface area (Å²) in [4.78, 5) is 28.8. The van der Waals surface area contributed by atoms with E-state index in [1.54, 1.807) is 53.9 Å². The van der Waals surface area contributed by atoms with Crippen molar-refractivity contribution in [1.29, 1.82) is 0 Å². The van der Waals surface area contributed by atoms with Crippen molar-refractivity contribution in [3.05, 3.63) is 64.6 Å². The molecule has 1 aliphatic heterocycles. The number of benzene rings is 1. The Morgan fingerprint density at radius 1 is 1.30 bits per heavy atom. The van der Waals surface area contributed by atoms with Crippen LogP contribution in [0.2, 0.25) is 5.02 Å². The smallest absolute Gasteiger partial charge is 0.290 e. The molecule has 1 aliphatic rings. The largest absolute Gasteiger partial charge is 0.484 e. The quantitative estimate of drug-likeness (QED) is 0.389. The molecule has 2 amide bonds. The van der Waals surface area contributed by atoms with E-state index in [0.717, 1.165) is 25.0 Å². The molecule has 1 aromatic carbocycles. The lowest BCUT2D eigenvalue weighted by atomic mass is 10.2. The summed E-state index contributed by atoms with van der Waals surface area (Å²) < 4.78 is 12.6. The SMILES string of the molecule is Cc1nc2ccc(Cl)cn2c1C(=O)N/N=C\c1ccc(OCC(=O)NC[C@@H]2CCCO2)cc1. The highest BCUT2D eigenvalue weighted by molar-refractivity contribution is 6.30. The number of ether oxygens (including phenoxy) is 2. The number of halogens is 1. The highest BCUT2D eigenvalue weighted by atomic mass is 35.5. The number of aryl methyl sites for hydroxylation is 1. The minimum absolute atomic E-state index is 0.0705. The first-order chi connectivity index (χ1) is 16.0. The molecule has 1 atom stereocenters. The van der Waals surface area contributed by atoms with Crippen LogP contribution in [0.3, 0.4) is 0 Å². The van der Waals surface area contributed by atoms with E-state index in [9.17, 15) is 9.59 Å². The fourth-order valence-corrected chi connectivity index (χ4v) is 3.67. The van der Waals surface area contributed by atoms with E-state index in [4.69, 9.17) is 21.1 Å². The lowest BCUT2D eigenvalue weighted by molar-refractivity contribution is -0.123. The number of nitrogens with one attached hydrogen (secondary N) is 2. The van der Waals surface area contributed by atoms with Crippen molar-refractivity contribution in [2.45, 2.75) is 25.9 Å². The summed E-state index contributed by atoms with van der Waals surface area (Å²) in [6, 6.07) is 10.5. The first-order valence-corrected chi connectivity index (χ1v) is 11.0. The molecule has 1 fully saturated rings. The molecule has 172 valence electrons. The molecule has 2 aromatic heterocycles. The topological polar surface area (TPSA) is 106 Å². The molecule has 10 heteroatoms. The maximum atomic E-state index is 12.6. The lowest BCUT2D eigenvalue weighted by Crippen LogP contribution is -2.35. The minimum atomic E-state index is -0.396. The Hall–Kier alpha value is -3.43. The Morgan fingerprint density at radius 2 is 2.12 bits per heavy atom. The number of pyridine rings is 1. The van der Waals surface area contributed by atoms with Crippen LogP contribution in [0.25, 0.3) is 5.65 Å². The van der Waals surface area contributed by atoms with E-state index < -0.39 is 5.91 Å². The number of fused-ring (bicyclic) bond motifs is 1. The van der Waals surface area contributed by atoms with Crippen molar-refractivity contribution in [2.24, 2.45) is 5.10 Å². The number of aromatic nitrogens is 2. The van der Waals surface area contributed by atoms with Gasteiger partial charge in [0.1, 0.15) is 17.1 Å². The molecule has 0 radical (unpaired) electrons. The van der Waals surface area contributed by atoms with Gasteiger partial charge in [0.25, 0.3) is 11.8 Å². The number of nitrogens with zero attached hydrogens (tertiary/aromatic N) is 3. The zero-order valence-electron chi connectivity index (χ0n) is 18.1. The standard InChI is InChI=1S/C23H24ClN5O4/c1-15-22(29-13-17(24)6-9-20(29)27-15)23(31)28-26-11-16-4-7-18(8-5-16)33-14-21(30)25-12-19-3-2-10-32-19/h4-9,11,13,19H,2-3,10,12,14H2,1H3,(H,25,30)(H,28,31)/b26-11-/t19-/m0/s1. The maximum absolute atomic E-state index is 12.6. The third-order valence-corrected chi connectivity index (χ3v) is 5.38. The molecule has 0 spiro atoms. The summed E-state index contributed by atoms with van der Waals surface area (Å²) in [5.74, 6) is -0.0306. The van der Waals surface area contributed by atoms with Gasteiger partial charge in [0.05, 0.1) is 23.0 Å². The number of carbonyl (C=O) groups is 2. The van der Waals surface area contributed by atoms with Crippen molar-refractivity contribution < 1.29 is 19.1 Å². The molecular weight excluding hydrogens is 446 g/mol. The molecule has 0 saturated carbocycles. The van der Waals surface area contributed by atoms with Crippen LogP contribution in [0.5, 0.6) is 5.75 Å². The second-order valence-corrected chi connectivity index (χ2v) is 8.05. The predicted molar refractivity (Wildman–Crippen MR) is 124 cm³/mol. The molecule has 2 N–H and O–H groups in total. The molecule has 33 heavy (non-hydrogen) atoms. The zero-order chi connectivity index (χ0) is 23.2. The highest BCUT2D eigenvalue weighted by Gasteiger charge is 2.17. The van der Waals surface area contributed by atoms with Crippen LogP contribution < -0.4 is 15.5 Å². The van der Waals surface area contributed by atoms with Crippen molar-refractivity contribution >= 4 is 35.3 Å². The summed E-state index contributed by atoms with van der Waals surface area (Å²) in [6.45, 7) is 2.94. The van der Waals surface area contributed by atoms with Crippen LogP contribution >= 0.6 is 11.6 Å². The normalized spacial score (nSPS) is 15.8. The molecule has 3 heterocycles. The first-order valence-electron chi connectivity index (χ1n) is 10.6. The van der Waals surface area contributed by atoms with Crippen molar-refractivity contribution in [3.8, 4) is 5.75 Å². The predicted octanol–water partition coefficient (Wildman–Crippen LogP) is 2.73. The number of amides is 2. The van der Waals surface area contributed by atoms with E-state index in [-0.39, 0.29) is 18.6 Å². The summed E-state index contributed by atoms with van der Waals surface area (Å²) in [5.41, 5.74) is 4.83. The molecule has 9 nitrogen and oxygen atoms in total. The Morgan fingerprint density at radius 3 is 2.88 bits per heavy atom. The summed E-state index contributed by atoms with van der Waals surface area (Å²) in [6.07, 6.45) is 5.25. The van der Waals surface area contributed by atoms with Gasteiger partial charge in [-0.05, 0) is 61.7 Å². The lowest BCUT2D eigenvalue weighted by Gasteiger charge is -2.11. The number of hydrogen-bond donors (Lipinski definition) is 2. The van der Waals surface area contributed by atoms with Crippen LogP contribution in [0, 0.1) is 6.92 Å². The third kappa shape index (κ3) is 5.88. The fraction of sp³-hybridized carbons (Fsp3) is 0.304. The van der Waals surface area contributed by atoms with Gasteiger partial charge in [-0.3, -0.25) is 14.0 Å². The van der Waals surface area contributed by atoms with E-state index in [1.165, 1.54) is 6.21 Å². The second kappa shape index (κ2) is 10.5. The number of hydrazone groups is 1. The highest BCUT2D eigenvalue weighted by Crippen LogP contribution is 2.16. The van der Waals surface area contributed by atoms with Gasteiger partial charge < -0.3 is 14.8 Å². The summed E-state index contributed by atoms with van der Waals surface area (Å²) >= 11 is 6.04. The average Bonchev–Trinajstić information content (AvgIpc) is 3.44. The van der Waals surface area contributed by atoms with Crippen molar-refractivity contribution in [1.82, 2.24) is 20.1 Å². The van der Waals surface area contributed by atoms with Gasteiger partial charge >= 0.3 is 0 Å². The molecule has 0 unspecified atom stereocenters.